The second kappa shape index (κ2) is 6.16. The van der Waals surface area contributed by atoms with Gasteiger partial charge in [0, 0.05) is 33.1 Å². The van der Waals surface area contributed by atoms with E-state index in [4.69, 9.17) is 9.52 Å². The molecular weight excluding hydrogens is 246 g/mol. The molecule has 2 heterocycles. The van der Waals surface area contributed by atoms with Crippen molar-refractivity contribution in [1.29, 1.82) is 0 Å². The summed E-state index contributed by atoms with van der Waals surface area (Å²) in [5.41, 5.74) is 0.652. The quantitative estimate of drug-likeness (QED) is 0.860. The highest BCUT2D eigenvalue weighted by Gasteiger charge is 2.24. The summed E-state index contributed by atoms with van der Waals surface area (Å²) < 4.78 is 5.39. The van der Waals surface area contributed by atoms with E-state index in [1.165, 1.54) is 0 Å². The van der Waals surface area contributed by atoms with Gasteiger partial charge in [-0.1, -0.05) is 0 Å². The van der Waals surface area contributed by atoms with Crippen LogP contribution in [0.25, 0.3) is 0 Å². The summed E-state index contributed by atoms with van der Waals surface area (Å²) in [6.45, 7) is 7.46. The van der Waals surface area contributed by atoms with Crippen LogP contribution in [0.5, 0.6) is 0 Å². The zero-order chi connectivity index (χ0) is 13.8. The number of oxazole rings is 1. The van der Waals surface area contributed by atoms with Gasteiger partial charge in [0.15, 0.2) is 5.89 Å². The van der Waals surface area contributed by atoms with Gasteiger partial charge in [-0.25, -0.2) is 4.98 Å². The molecule has 2 rings (SSSR count). The van der Waals surface area contributed by atoms with Crippen molar-refractivity contribution in [1.82, 2.24) is 14.8 Å². The molecule has 1 aliphatic rings. The van der Waals surface area contributed by atoms with Crippen LogP contribution in [0.4, 0.5) is 0 Å². The SMILES string of the molecule is Cc1nc(C)c(C(=O)N2CCCN(CCO)CC2)o1. The van der Waals surface area contributed by atoms with Crippen molar-refractivity contribution in [3.63, 3.8) is 0 Å². The van der Waals surface area contributed by atoms with Crippen LogP contribution in [0, 0.1) is 13.8 Å². The highest BCUT2D eigenvalue weighted by atomic mass is 16.4. The maximum Gasteiger partial charge on any atom is 0.291 e. The van der Waals surface area contributed by atoms with E-state index >= 15 is 0 Å². The topological polar surface area (TPSA) is 69.8 Å². The average Bonchev–Trinajstić information content (AvgIpc) is 2.59. The number of carbonyl (C=O) groups excluding carboxylic acids is 1. The third-order valence-electron chi connectivity index (χ3n) is 3.39. The first kappa shape index (κ1) is 14.0. The minimum absolute atomic E-state index is 0.0797. The monoisotopic (exact) mass is 267 g/mol. The zero-order valence-electron chi connectivity index (χ0n) is 11.6. The third-order valence-corrected chi connectivity index (χ3v) is 3.39. The summed E-state index contributed by atoms with van der Waals surface area (Å²) in [7, 11) is 0. The molecule has 1 aromatic heterocycles. The van der Waals surface area contributed by atoms with Crippen molar-refractivity contribution in [2.45, 2.75) is 20.3 Å². The van der Waals surface area contributed by atoms with E-state index in [0.717, 1.165) is 26.1 Å². The van der Waals surface area contributed by atoms with Crippen molar-refractivity contribution < 1.29 is 14.3 Å². The molecule has 1 N–H and O–H groups in total. The fraction of sp³-hybridized carbons (Fsp3) is 0.692. The molecule has 0 atom stereocenters. The normalized spacial score (nSPS) is 17.5. The summed E-state index contributed by atoms with van der Waals surface area (Å²) in [5.74, 6) is 0.801. The Morgan fingerprint density at radius 3 is 2.74 bits per heavy atom. The molecule has 0 aliphatic carbocycles. The number of β-amino-alcohol motifs (C(OH)–C–C–N with tert-alkyl or cyclic N) is 1. The van der Waals surface area contributed by atoms with E-state index in [2.05, 4.69) is 9.88 Å². The second-order valence-corrected chi connectivity index (χ2v) is 4.86. The van der Waals surface area contributed by atoms with Crippen molar-refractivity contribution in [2.24, 2.45) is 0 Å². The lowest BCUT2D eigenvalue weighted by atomic mass is 10.3. The van der Waals surface area contributed by atoms with Crippen LogP contribution in [-0.4, -0.2) is 65.1 Å². The smallest absolute Gasteiger partial charge is 0.291 e. The summed E-state index contributed by atoms with van der Waals surface area (Å²) >= 11 is 0. The Morgan fingerprint density at radius 1 is 1.32 bits per heavy atom. The molecule has 0 bridgehead atoms. The highest BCUT2D eigenvalue weighted by Crippen LogP contribution is 2.14. The van der Waals surface area contributed by atoms with Gasteiger partial charge < -0.3 is 14.4 Å². The van der Waals surface area contributed by atoms with Gasteiger partial charge in [0.2, 0.25) is 5.76 Å². The first-order valence-corrected chi connectivity index (χ1v) is 6.68. The molecule has 0 saturated carbocycles. The summed E-state index contributed by atoms with van der Waals surface area (Å²) in [5, 5.41) is 8.96. The van der Waals surface area contributed by atoms with E-state index in [1.807, 2.05) is 4.90 Å². The van der Waals surface area contributed by atoms with Gasteiger partial charge >= 0.3 is 0 Å². The molecular formula is C13H21N3O3. The Morgan fingerprint density at radius 2 is 2.11 bits per heavy atom. The van der Waals surface area contributed by atoms with Crippen LogP contribution in [0.1, 0.15) is 28.6 Å². The van der Waals surface area contributed by atoms with Gasteiger partial charge in [-0.2, -0.15) is 0 Å². The molecule has 1 aromatic rings. The van der Waals surface area contributed by atoms with Crippen LogP contribution in [0.15, 0.2) is 4.42 Å². The predicted octanol–water partition coefficient (Wildman–Crippen LogP) is 0.432. The Bertz CT molecular complexity index is 444. The Labute approximate surface area is 113 Å². The number of rotatable bonds is 3. The predicted molar refractivity (Wildman–Crippen MR) is 70.0 cm³/mol. The molecule has 1 saturated heterocycles. The van der Waals surface area contributed by atoms with Gasteiger partial charge in [-0.15, -0.1) is 0 Å². The lowest BCUT2D eigenvalue weighted by molar-refractivity contribution is 0.0726. The maximum atomic E-state index is 12.4. The maximum absolute atomic E-state index is 12.4. The minimum Gasteiger partial charge on any atom is -0.436 e. The Balaban J connectivity index is 2.02. The number of aryl methyl sites for hydroxylation is 2. The second-order valence-electron chi connectivity index (χ2n) is 4.86. The minimum atomic E-state index is -0.0797. The Kier molecular flexibility index (Phi) is 4.55. The molecule has 6 nitrogen and oxygen atoms in total. The summed E-state index contributed by atoms with van der Waals surface area (Å²) in [6, 6.07) is 0. The van der Waals surface area contributed by atoms with Crippen molar-refractivity contribution in [3.8, 4) is 0 Å². The number of hydrogen-bond donors (Lipinski definition) is 1. The summed E-state index contributed by atoms with van der Waals surface area (Å²) in [6.07, 6.45) is 0.915. The summed E-state index contributed by atoms with van der Waals surface area (Å²) in [4.78, 5) is 20.5. The van der Waals surface area contributed by atoms with E-state index in [-0.39, 0.29) is 12.5 Å². The van der Waals surface area contributed by atoms with E-state index in [1.54, 1.807) is 13.8 Å². The fourth-order valence-electron chi connectivity index (χ4n) is 2.41. The number of carbonyl (C=O) groups is 1. The number of aromatic nitrogens is 1. The molecule has 1 fully saturated rings. The number of nitrogens with zero attached hydrogens (tertiary/aromatic N) is 3. The van der Waals surface area contributed by atoms with Crippen LogP contribution < -0.4 is 0 Å². The molecule has 0 spiro atoms. The third kappa shape index (κ3) is 3.33. The first-order chi connectivity index (χ1) is 9.11. The van der Waals surface area contributed by atoms with Crippen LogP contribution >= 0.6 is 0 Å². The lowest BCUT2D eigenvalue weighted by Gasteiger charge is -2.20. The van der Waals surface area contributed by atoms with Crippen LogP contribution in [-0.2, 0) is 0 Å². The highest BCUT2D eigenvalue weighted by molar-refractivity contribution is 5.92. The largest absolute Gasteiger partial charge is 0.436 e. The van der Waals surface area contributed by atoms with Gasteiger partial charge in [0.1, 0.15) is 0 Å². The van der Waals surface area contributed by atoms with E-state index in [0.29, 0.717) is 30.4 Å². The fourth-order valence-corrected chi connectivity index (χ4v) is 2.41. The van der Waals surface area contributed by atoms with Gasteiger partial charge in [0.25, 0.3) is 5.91 Å². The van der Waals surface area contributed by atoms with E-state index in [9.17, 15) is 4.79 Å². The van der Waals surface area contributed by atoms with Gasteiger partial charge in [-0.05, 0) is 19.9 Å². The first-order valence-electron chi connectivity index (χ1n) is 6.68. The van der Waals surface area contributed by atoms with E-state index < -0.39 is 0 Å². The average molecular weight is 267 g/mol. The number of aliphatic hydroxyl groups is 1. The van der Waals surface area contributed by atoms with Crippen molar-refractivity contribution in [3.05, 3.63) is 17.3 Å². The zero-order valence-corrected chi connectivity index (χ0v) is 11.6. The molecule has 0 aromatic carbocycles. The number of amides is 1. The van der Waals surface area contributed by atoms with Crippen molar-refractivity contribution in [2.75, 3.05) is 39.3 Å². The molecule has 19 heavy (non-hydrogen) atoms. The van der Waals surface area contributed by atoms with Crippen LogP contribution in [0.3, 0.4) is 0 Å². The number of aliphatic hydroxyl groups excluding tert-OH is 1. The lowest BCUT2D eigenvalue weighted by Crippen LogP contribution is -2.36. The molecule has 0 unspecified atom stereocenters. The van der Waals surface area contributed by atoms with Crippen LogP contribution in [0.2, 0.25) is 0 Å². The Hall–Kier alpha value is -1.40. The van der Waals surface area contributed by atoms with Gasteiger partial charge in [0.05, 0.1) is 12.3 Å². The molecule has 1 aliphatic heterocycles. The number of hydrogen-bond acceptors (Lipinski definition) is 5. The van der Waals surface area contributed by atoms with Gasteiger partial charge in [-0.3, -0.25) is 9.69 Å². The molecule has 1 amide bonds. The molecule has 106 valence electrons. The standard InChI is InChI=1S/C13H21N3O3/c1-10-12(19-11(2)14-10)13(18)16-5-3-4-15(6-7-16)8-9-17/h17H,3-9H2,1-2H3. The van der Waals surface area contributed by atoms with Crippen molar-refractivity contribution >= 4 is 5.91 Å². The molecule has 6 heteroatoms. The molecule has 0 radical (unpaired) electrons.